The number of ether oxygens (including phenoxy) is 2. The van der Waals surface area contributed by atoms with Crippen molar-refractivity contribution >= 4 is 34.8 Å². The Kier molecular flexibility index (Phi) is 7.41. The number of hydrogen-bond donors (Lipinski definition) is 3. The number of halogens is 3. The van der Waals surface area contributed by atoms with Gasteiger partial charge in [-0.2, -0.15) is 0 Å². The van der Waals surface area contributed by atoms with Gasteiger partial charge in [-0.15, -0.1) is 4.99 Å². The molecule has 0 spiro atoms. The minimum absolute atomic E-state index is 0.0143. The Morgan fingerprint density at radius 2 is 1.60 bits per heavy atom. The second-order valence-electron chi connectivity index (χ2n) is 6.67. The Bertz CT molecular complexity index is 1380. The molecule has 0 unspecified atom stereocenters. The molecule has 5 N–H and O–H groups in total. The normalized spacial score (nSPS) is 10.9. The average molecular weight is 488 g/mol. The van der Waals surface area contributed by atoms with E-state index in [1.807, 2.05) is 0 Å². The maximum atomic E-state index is 14.5. The van der Waals surface area contributed by atoms with Crippen molar-refractivity contribution in [1.29, 1.82) is 0 Å². The Hall–Kier alpha value is -4.78. The van der Waals surface area contributed by atoms with Gasteiger partial charge in [-0.05, 0) is 5.39 Å². The quantitative estimate of drug-likeness (QED) is 0.160. The highest BCUT2D eigenvalue weighted by atomic mass is 19.1. The van der Waals surface area contributed by atoms with Gasteiger partial charge in [0, 0.05) is 35.2 Å². The predicted molar refractivity (Wildman–Crippen MR) is 115 cm³/mol. The van der Waals surface area contributed by atoms with Crippen LogP contribution in [0.2, 0.25) is 0 Å². The van der Waals surface area contributed by atoms with Crippen molar-refractivity contribution in [3.8, 4) is 17.1 Å². The van der Waals surface area contributed by atoms with Crippen molar-refractivity contribution in [2.45, 2.75) is 6.61 Å². The zero-order valence-electron chi connectivity index (χ0n) is 17.5. The first-order valence-electron chi connectivity index (χ1n) is 9.53. The summed E-state index contributed by atoms with van der Waals surface area (Å²) in [6, 6.07) is 6.94. The molecule has 180 valence electrons. The second-order valence-corrected chi connectivity index (χ2v) is 6.67. The maximum Gasteiger partial charge on any atom is 0.444 e. The number of aliphatic hydroxyl groups excluding tert-OH is 1. The second kappa shape index (κ2) is 10.4. The molecular weight excluding hydrogens is 473 g/mol. The molecule has 35 heavy (non-hydrogen) atoms. The van der Waals surface area contributed by atoms with Crippen molar-refractivity contribution in [3.05, 3.63) is 71.6 Å². The third kappa shape index (κ3) is 5.78. The number of carbonyl (C=O) groups is 3. The van der Waals surface area contributed by atoms with Crippen LogP contribution in [0.4, 0.5) is 18.0 Å². The van der Waals surface area contributed by atoms with Gasteiger partial charge in [0.15, 0.2) is 5.96 Å². The minimum atomic E-state index is -1.43. The van der Waals surface area contributed by atoms with Gasteiger partial charge in [0.1, 0.15) is 17.5 Å². The smallest absolute Gasteiger partial charge is 0.404 e. The number of carbonyl (C=O) groups excluding carboxylic acids is 3. The number of nitrogens with zero attached hydrogens (tertiary/aromatic N) is 2. The van der Waals surface area contributed by atoms with E-state index in [0.29, 0.717) is 24.3 Å². The monoisotopic (exact) mass is 488 g/mol. The molecule has 1 heterocycles. The highest BCUT2D eigenvalue weighted by Gasteiger charge is 2.22. The van der Waals surface area contributed by atoms with Gasteiger partial charge in [-0.1, -0.05) is 24.3 Å². The van der Waals surface area contributed by atoms with Crippen LogP contribution in [-0.2, 0) is 20.9 Å². The Morgan fingerprint density at radius 3 is 2.20 bits per heavy atom. The molecule has 0 bridgehead atoms. The molecule has 0 saturated heterocycles. The third-order valence-corrected chi connectivity index (χ3v) is 4.34. The van der Waals surface area contributed by atoms with Crippen LogP contribution in [0.5, 0.6) is 5.88 Å². The SMILES string of the molecule is NC(N)=NC(=O)OC(=O)/C=C/C(=O)Oc1nc(-c2c(F)cc(F)cc2F)c2ccccc2c1CO. The van der Waals surface area contributed by atoms with Crippen LogP contribution in [0.25, 0.3) is 22.0 Å². The molecule has 0 saturated carbocycles. The van der Waals surface area contributed by atoms with E-state index in [0.717, 1.165) is 0 Å². The lowest BCUT2D eigenvalue weighted by atomic mass is 9.99. The van der Waals surface area contributed by atoms with Gasteiger partial charge in [-0.25, -0.2) is 32.5 Å². The molecule has 0 aliphatic rings. The van der Waals surface area contributed by atoms with Crippen molar-refractivity contribution in [3.63, 3.8) is 0 Å². The molecule has 10 nitrogen and oxygen atoms in total. The number of aromatic nitrogens is 1. The lowest BCUT2D eigenvalue weighted by Gasteiger charge is -2.14. The lowest BCUT2D eigenvalue weighted by molar-refractivity contribution is -0.133. The molecule has 1 aromatic heterocycles. The summed E-state index contributed by atoms with van der Waals surface area (Å²) in [4.78, 5) is 41.9. The summed E-state index contributed by atoms with van der Waals surface area (Å²) in [6.45, 7) is -0.691. The number of benzene rings is 2. The summed E-state index contributed by atoms with van der Waals surface area (Å²) in [5, 5.41) is 10.2. The first-order chi connectivity index (χ1) is 16.6. The van der Waals surface area contributed by atoms with E-state index < -0.39 is 59.5 Å². The zero-order chi connectivity index (χ0) is 25.7. The third-order valence-electron chi connectivity index (χ3n) is 4.34. The van der Waals surface area contributed by atoms with E-state index in [-0.39, 0.29) is 22.0 Å². The molecule has 3 rings (SSSR count). The number of hydrogen-bond acceptors (Lipinski definition) is 7. The lowest BCUT2D eigenvalue weighted by Crippen LogP contribution is -2.24. The number of fused-ring (bicyclic) bond motifs is 1. The largest absolute Gasteiger partial charge is 0.444 e. The van der Waals surface area contributed by atoms with Crippen LogP contribution in [0, 0.1) is 17.5 Å². The van der Waals surface area contributed by atoms with E-state index >= 15 is 0 Å². The van der Waals surface area contributed by atoms with E-state index in [1.54, 1.807) is 6.07 Å². The molecule has 1 amide bonds. The number of rotatable bonds is 5. The molecule has 13 heteroatoms. The summed E-state index contributed by atoms with van der Waals surface area (Å²) in [5.74, 6) is -7.41. The molecule has 0 aliphatic heterocycles. The number of esters is 2. The number of aliphatic imine (C=N–C) groups is 1. The maximum absolute atomic E-state index is 14.5. The van der Waals surface area contributed by atoms with Crippen LogP contribution in [-0.4, -0.2) is 34.1 Å². The topological polar surface area (TPSA) is 167 Å². The van der Waals surface area contributed by atoms with Crippen molar-refractivity contribution in [2.24, 2.45) is 16.5 Å². The highest BCUT2D eigenvalue weighted by Crippen LogP contribution is 2.36. The standard InChI is InChI=1S/C22H15F3N4O6/c23-10-7-14(24)18(15(25)8-10)19-12-4-2-1-3-11(12)13(9-30)20(28-19)34-16(31)5-6-17(32)35-22(33)29-21(26)27/h1-8,30H,9H2,(H4,26,27,29,33)/b6-5+. The molecule has 2 aromatic carbocycles. The van der Waals surface area contributed by atoms with Gasteiger partial charge < -0.3 is 26.0 Å². The number of amides is 1. The van der Waals surface area contributed by atoms with Crippen LogP contribution in [0.3, 0.4) is 0 Å². The van der Waals surface area contributed by atoms with Crippen LogP contribution < -0.4 is 16.2 Å². The van der Waals surface area contributed by atoms with E-state index in [1.165, 1.54) is 18.2 Å². The van der Waals surface area contributed by atoms with E-state index in [4.69, 9.17) is 16.2 Å². The molecule has 0 radical (unpaired) electrons. The molecule has 0 fully saturated rings. The summed E-state index contributed by atoms with van der Waals surface area (Å²) < 4.78 is 51.7. The van der Waals surface area contributed by atoms with Crippen molar-refractivity contribution in [2.75, 3.05) is 0 Å². The Labute approximate surface area is 194 Å². The fourth-order valence-electron chi connectivity index (χ4n) is 3.01. The Morgan fingerprint density at radius 1 is 1.00 bits per heavy atom. The molecule has 0 aliphatic carbocycles. The highest BCUT2D eigenvalue weighted by molar-refractivity contribution is 6.00. The molecule has 3 aromatic rings. The summed E-state index contributed by atoms with van der Waals surface area (Å²) >= 11 is 0. The zero-order valence-corrected chi connectivity index (χ0v) is 17.5. The minimum Gasteiger partial charge on any atom is -0.404 e. The van der Waals surface area contributed by atoms with Gasteiger partial charge >= 0.3 is 18.0 Å². The van der Waals surface area contributed by atoms with Crippen molar-refractivity contribution < 1.29 is 42.1 Å². The average Bonchev–Trinajstić information content (AvgIpc) is 2.76. The van der Waals surface area contributed by atoms with Gasteiger partial charge in [0.05, 0.1) is 17.9 Å². The van der Waals surface area contributed by atoms with Crippen molar-refractivity contribution in [1.82, 2.24) is 4.98 Å². The van der Waals surface area contributed by atoms with Gasteiger partial charge in [0.2, 0.25) is 5.88 Å². The van der Waals surface area contributed by atoms with Crippen LogP contribution in [0.1, 0.15) is 5.56 Å². The fraction of sp³-hybridized carbons (Fsp3) is 0.0455. The number of pyridine rings is 1. The van der Waals surface area contributed by atoms with Crippen LogP contribution >= 0.6 is 0 Å². The molecular formula is C22H15F3N4O6. The summed E-state index contributed by atoms with van der Waals surface area (Å²) in [7, 11) is 0. The first-order valence-corrected chi connectivity index (χ1v) is 9.53. The summed E-state index contributed by atoms with van der Waals surface area (Å²) in [5.41, 5.74) is 8.87. The van der Waals surface area contributed by atoms with Gasteiger partial charge in [-0.3, -0.25) is 0 Å². The Balaban J connectivity index is 2.00. The number of nitrogens with two attached hydrogens (primary N) is 2. The van der Waals surface area contributed by atoms with Gasteiger partial charge in [0.25, 0.3) is 0 Å². The number of aliphatic hydroxyl groups is 1. The number of guanidine groups is 1. The van der Waals surface area contributed by atoms with Crippen LogP contribution in [0.15, 0.2) is 53.5 Å². The first kappa shape index (κ1) is 24.9. The van der Waals surface area contributed by atoms with E-state index in [9.17, 15) is 32.7 Å². The predicted octanol–water partition coefficient (Wildman–Crippen LogP) is 2.21. The summed E-state index contributed by atoms with van der Waals surface area (Å²) in [6.07, 6.45) is -0.357. The fourth-order valence-corrected chi connectivity index (χ4v) is 3.01. The van der Waals surface area contributed by atoms with E-state index in [2.05, 4.69) is 14.7 Å². The molecule has 0 atom stereocenters.